The lowest BCUT2D eigenvalue weighted by atomic mass is 10.0. The maximum absolute atomic E-state index is 13.4. The average Bonchev–Trinajstić information content (AvgIpc) is 2.51. The summed E-state index contributed by atoms with van der Waals surface area (Å²) >= 11 is 0. The Kier molecular flexibility index (Phi) is 5.84. The summed E-state index contributed by atoms with van der Waals surface area (Å²) < 4.78 is 45.6. The van der Waals surface area contributed by atoms with Crippen LogP contribution >= 0.6 is 0 Å². The van der Waals surface area contributed by atoms with Crippen LogP contribution in [0.4, 0.5) is 19.0 Å². The molecule has 0 radical (unpaired) electrons. The molecule has 5 nitrogen and oxygen atoms in total. The Morgan fingerprint density at radius 2 is 1.88 bits per heavy atom. The Balaban J connectivity index is 2.29. The molecule has 0 aliphatic rings. The van der Waals surface area contributed by atoms with Crippen molar-refractivity contribution in [2.75, 3.05) is 12.3 Å². The molecule has 0 aliphatic heterocycles. The molecule has 8 heteroatoms. The largest absolute Gasteiger partial charge is 0.493 e. The molecule has 0 fully saturated rings. The smallest absolute Gasteiger partial charge is 0.419 e. The van der Waals surface area contributed by atoms with Gasteiger partial charge in [-0.05, 0) is 37.5 Å². The normalized spacial score (nSPS) is 14.2. The van der Waals surface area contributed by atoms with Crippen molar-refractivity contribution in [3.8, 4) is 17.0 Å². The number of alkyl halides is 3. The van der Waals surface area contributed by atoms with Crippen LogP contribution < -0.4 is 16.2 Å². The van der Waals surface area contributed by atoms with Gasteiger partial charge in [0.15, 0.2) is 0 Å². The lowest BCUT2D eigenvalue weighted by Gasteiger charge is -2.18. The highest BCUT2D eigenvalue weighted by Crippen LogP contribution is 2.38. The molecule has 2 unspecified atom stereocenters. The Morgan fingerprint density at radius 1 is 1.16 bits per heavy atom. The van der Waals surface area contributed by atoms with Crippen LogP contribution in [-0.2, 0) is 6.18 Å². The molecule has 0 saturated heterocycles. The molecule has 4 N–H and O–H groups in total. The number of nitrogens with two attached hydrogens (primary N) is 2. The molecule has 1 heterocycles. The monoisotopic (exact) mass is 354 g/mol. The number of nitrogen functional groups attached to an aromatic ring is 1. The van der Waals surface area contributed by atoms with Gasteiger partial charge in [-0.2, -0.15) is 13.2 Å². The first kappa shape index (κ1) is 19.0. The van der Waals surface area contributed by atoms with E-state index in [-0.39, 0.29) is 35.7 Å². The summed E-state index contributed by atoms with van der Waals surface area (Å²) in [5, 5.41) is 0. The number of nitrogens with zero attached hydrogens (tertiary/aromatic N) is 2. The van der Waals surface area contributed by atoms with Crippen LogP contribution in [0.2, 0.25) is 0 Å². The van der Waals surface area contributed by atoms with Gasteiger partial charge in [0, 0.05) is 17.7 Å². The molecule has 1 aromatic heterocycles. The summed E-state index contributed by atoms with van der Waals surface area (Å²) in [7, 11) is 0. The number of aromatic nitrogens is 2. The second-order valence-corrected chi connectivity index (χ2v) is 6.17. The maximum atomic E-state index is 13.4. The minimum Gasteiger partial charge on any atom is -0.493 e. The Morgan fingerprint density at radius 3 is 2.48 bits per heavy atom. The third-order valence-corrected chi connectivity index (χ3v) is 3.57. The van der Waals surface area contributed by atoms with E-state index in [1.165, 1.54) is 24.5 Å². The maximum Gasteiger partial charge on any atom is 0.419 e. The van der Waals surface area contributed by atoms with Gasteiger partial charge in [0.2, 0.25) is 0 Å². The van der Waals surface area contributed by atoms with Gasteiger partial charge in [0.05, 0.1) is 17.9 Å². The summed E-state index contributed by atoms with van der Waals surface area (Å²) in [6.07, 6.45) is -2.67. The number of ether oxygens (including phenoxy) is 1. The standard InChI is InChI=1S/C17H21F3N4O/c1-10(5-11(2)21)8-25-15-4-3-12(6-13(15)17(18,19)20)14-7-16(22)24-9-23-14/h3-4,6-7,9-11H,5,8,21H2,1-2H3,(H2,22,23,24). The summed E-state index contributed by atoms with van der Waals surface area (Å²) in [5.41, 5.74) is 11.0. The van der Waals surface area contributed by atoms with E-state index in [1.54, 1.807) is 0 Å². The lowest BCUT2D eigenvalue weighted by molar-refractivity contribution is -0.139. The fourth-order valence-electron chi connectivity index (χ4n) is 2.50. The molecule has 0 spiro atoms. The van der Waals surface area contributed by atoms with Crippen LogP contribution in [0.5, 0.6) is 5.75 Å². The van der Waals surface area contributed by atoms with E-state index in [1.807, 2.05) is 13.8 Å². The highest BCUT2D eigenvalue weighted by Gasteiger charge is 2.35. The van der Waals surface area contributed by atoms with Crippen LogP contribution in [0.1, 0.15) is 25.8 Å². The number of benzene rings is 1. The highest BCUT2D eigenvalue weighted by atomic mass is 19.4. The molecular weight excluding hydrogens is 333 g/mol. The summed E-state index contributed by atoms with van der Waals surface area (Å²) in [6, 6.07) is 5.21. The first-order chi connectivity index (χ1) is 11.7. The lowest BCUT2D eigenvalue weighted by Crippen LogP contribution is -2.22. The predicted molar refractivity (Wildman–Crippen MR) is 89.8 cm³/mol. The second kappa shape index (κ2) is 7.69. The SMILES string of the molecule is CC(N)CC(C)COc1ccc(-c2cc(N)ncn2)cc1C(F)(F)F. The molecular formula is C17H21F3N4O. The minimum absolute atomic E-state index is 0.0358. The topological polar surface area (TPSA) is 87.0 Å². The summed E-state index contributed by atoms with van der Waals surface area (Å²) in [4.78, 5) is 7.69. The van der Waals surface area contributed by atoms with Crippen molar-refractivity contribution in [1.29, 1.82) is 0 Å². The van der Waals surface area contributed by atoms with E-state index in [2.05, 4.69) is 9.97 Å². The number of anilines is 1. The van der Waals surface area contributed by atoms with Crippen molar-refractivity contribution in [2.45, 2.75) is 32.5 Å². The van der Waals surface area contributed by atoms with Crippen molar-refractivity contribution in [1.82, 2.24) is 9.97 Å². The number of hydrogen-bond donors (Lipinski definition) is 2. The molecule has 2 atom stereocenters. The molecule has 0 bridgehead atoms. The molecule has 136 valence electrons. The van der Waals surface area contributed by atoms with Crippen molar-refractivity contribution in [2.24, 2.45) is 11.7 Å². The molecule has 2 aromatic rings. The van der Waals surface area contributed by atoms with E-state index >= 15 is 0 Å². The van der Waals surface area contributed by atoms with E-state index in [0.717, 1.165) is 6.07 Å². The van der Waals surface area contributed by atoms with Crippen molar-refractivity contribution < 1.29 is 17.9 Å². The van der Waals surface area contributed by atoms with Gasteiger partial charge in [-0.3, -0.25) is 0 Å². The van der Waals surface area contributed by atoms with E-state index in [0.29, 0.717) is 12.1 Å². The quantitative estimate of drug-likeness (QED) is 0.829. The first-order valence-corrected chi connectivity index (χ1v) is 7.84. The zero-order valence-electron chi connectivity index (χ0n) is 14.0. The zero-order chi connectivity index (χ0) is 18.6. The van der Waals surface area contributed by atoms with E-state index < -0.39 is 11.7 Å². The minimum atomic E-state index is -4.55. The van der Waals surface area contributed by atoms with Gasteiger partial charge < -0.3 is 16.2 Å². The Bertz CT molecular complexity index is 719. The van der Waals surface area contributed by atoms with E-state index in [9.17, 15) is 13.2 Å². The van der Waals surface area contributed by atoms with Crippen molar-refractivity contribution >= 4 is 5.82 Å². The zero-order valence-corrected chi connectivity index (χ0v) is 14.0. The third kappa shape index (κ3) is 5.32. The Labute approximate surface area is 144 Å². The Hall–Kier alpha value is -2.35. The second-order valence-electron chi connectivity index (χ2n) is 6.17. The summed E-state index contributed by atoms with van der Waals surface area (Å²) in [5.74, 6) is 0.0147. The molecule has 1 aromatic carbocycles. The van der Waals surface area contributed by atoms with Gasteiger partial charge in [-0.1, -0.05) is 6.92 Å². The van der Waals surface area contributed by atoms with Gasteiger partial charge in [0.25, 0.3) is 0 Å². The summed E-state index contributed by atoms with van der Waals surface area (Å²) in [6.45, 7) is 3.89. The van der Waals surface area contributed by atoms with Crippen molar-refractivity contribution in [3.63, 3.8) is 0 Å². The highest BCUT2D eigenvalue weighted by molar-refractivity contribution is 5.64. The fourth-order valence-corrected chi connectivity index (χ4v) is 2.50. The van der Waals surface area contributed by atoms with E-state index in [4.69, 9.17) is 16.2 Å². The number of hydrogen-bond acceptors (Lipinski definition) is 5. The first-order valence-electron chi connectivity index (χ1n) is 7.84. The molecule has 0 saturated carbocycles. The van der Waals surface area contributed by atoms with Crippen LogP contribution in [0.15, 0.2) is 30.6 Å². The van der Waals surface area contributed by atoms with Gasteiger partial charge >= 0.3 is 6.18 Å². The van der Waals surface area contributed by atoms with Gasteiger partial charge in [-0.25, -0.2) is 9.97 Å². The molecule has 0 amide bonds. The van der Waals surface area contributed by atoms with Crippen LogP contribution in [0.25, 0.3) is 11.3 Å². The van der Waals surface area contributed by atoms with Crippen LogP contribution in [0.3, 0.4) is 0 Å². The predicted octanol–water partition coefficient (Wildman–Crippen LogP) is 3.50. The molecule has 0 aliphatic carbocycles. The van der Waals surface area contributed by atoms with Gasteiger partial charge in [0.1, 0.15) is 17.9 Å². The van der Waals surface area contributed by atoms with Gasteiger partial charge in [-0.15, -0.1) is 0 Å². The molecule has 2 rings (SSSR count). The number of rotatable bonds is 6. The third-order valence-electron chi connectivity index (χ3n) is 3.57. The van der Waals surface area contributed by atoms with Crippen LogP contribution in [-0.4, -0.2) is 22.6 Å². The average molecular weight is 354 g/mol. The van der Waals surface area contributed by atoms with Crippen molar-refractivity contribution in [3.05, 3.63) is 36.2 Å². The molecule has 25 heavy (non-hydrogen) atoms. The number of halogens is 3. The van der Waals surface area contributed by atoms with Crippen LogP contribution in [0, 0.1) is 5.92 Å². The fraction of sp³-hybridized carbons (Fsp3) is 0.412.